The van der Waals surface area contributed by atoms with Crippen molar-refractivity contribution in [2.24, 2.45) is 0 Å². The van der Waals surface area contributed by atoms with E-state index in [1.807, 2.05) is 36.9 Å². The molecule has 0 bridgehead atoms. The van der Waals surface area contributed by atoms with E-state index in [0.29, 0.717) is 30.0 Å². The third-order valence-corrected chi connectivity index (χ3v) is 5.79. The minimum absolute atomic E-state index is 0.0122. The molecule has 1 N–H and O–H groups in total. The third-order valence-electron chi connectivity index (χ3n) is 5.79. The van der Waals surface area contributed by atoms with Crippen molar-refractivity contribution in [3.05, 3.63) is 65.0 Å². The van der Waals surface area contributed by atoms with E-state index >= 15 is 0 Å². The van der Waals surface area contributed by atoms with Crippen molar-refractivity contribution >= 4 is 22.8 Å². The largest absolute Gasteiger partial charge is 0.497 e. The molecular formula is C24H26N4O3. The number of benzene rings is 2. The summed E-state index contributed by atoms with van der Waals surface area (Å²) < 4.78 is 5.13. The molecule has 1 aliphatic heterocycles. The number of piperidine rings is 1. The maximum atomic E-state index is 13.0. The number of carbonyl (C=O) groups excluding carboxylic acids is 2. The molecule has 0 radical (unpaired) electrons. The predicted octanol–water partition coefficient (Wildman–Crippen LogP) is 3.29. The Kier molecular flexibility index (Phi) is 5.84. The van der Waals surface area contributed by atoms with Gasteiger partial charge in [0.25, 0.3) is 11.8 Å². The summed E-state index contributed by atoms with van der Waals surface area (Å²) in [4.78, 5) is 36.4. The van der Waals surface area contributed by atoms with Crippen molar-refractivity contribution in [3.63, 3.8) is 0 Å². The minimum atomic E-state index is -0.105. The number of nitrogens with one attached hydrogen (secondary N) is 1. The Morgan fingerprint density at radius 3 is 2.19 bits per heavy atom. The summed E-state index contributed by atoms with van der Waals surface area (Å²) in [5, 5.41) is 3.07. The van der Waals surface area contributed by atoms with Gasteiger partial charge in [-0.05, 0) is 69.2 Å². The molecule has 0 unspecified atom stereocenters. The summed E-state index contributed by atoms with van der Waals surface area (Å²) in [5.74, 6) is 0.599. The smallest absolute Gasteiger partial charge is 0.253 e. The fourth-order valence-electron chi connectivity index (χ4n) is 3.78. The molecule has 2 heterocycles. The van der Waals surface area contributed by atoms with Gasteiger partial charge in [-0.2, -0.15) is 0 Å². The second kappa shape index (κ2) is 8.71. The maximum absolute atomic E-state index is 13.0. The van der Waals surface area contributed by atoms with Gasteiger partial charge in [0, 0.05) is 30.3 Å². The number of carbonyl (C=O) groups is 2. The van der Waals surface area contributed by atoms with E-state index in [-0.39, 0.29) is 17.9 Å². The standard InChI is InChI=1S/C24H26N4O3/c1-15-16(2)26-22-14-18(6-9-21(22)25-15)24(30)28-12-10-19(11-13-28)27-23(29)17-4-7-20(31-3)8-5-17/h4-9,14,19H,10-13H2,1-3H3,(H,27,29). The second-order valence-corrected chi connectivity index (χ2v) is 7.87. The molecule has 0 spiro atoms. The lowest BCUT2D eigenvalue weighted by Gasteiger charge is -2.32. The molecule has 1 saturated heterocycles. The van der Waals surface area contributed by atoms with E-state index < -0.39 is 0 Å². The van der Waals surface area contributed by atoms with E-state index in [1.165, 1.54) is 0 Å². The highest BCUT2D eigenvalue weighted by Crippen LogP contribution is 2.19. The summed E-state index contributed by atoms with van der Waals surface area (Å²) in [6.07, 6.45) is 1.44. The number of ether oxygens (including phenoxy) is 1. The lowest BCUT2D eigenvalue weighted by Crippen LogP contribution is -2.46. The van der Waals surface area contributed by atoms with Crippen LogP contribution < -0.4 is 10.1 Å². The summed E-state index contributed by atoms with van der Waals surface area (Å²) in [6, 6.07) is 12.6. The van der Waals surface area contributed by atoms with Gasteiger partial charge in [0.05, 0.1) is 29.5 Å². The highest BCUT2D eigenvalue weighted by Gasteiger charge is 2.25. The fourth-order valence-corrected chi connectivity index (χ4v) is 3.78. The summed E-state index contributed by atoms with van der Waals surface area (Å²) in [5.41, 5.74) is 4.50. The molecule has 1 aromatic heterocycles. The number of methoxy groups -OCH3 is 1. The SMILES string of the molecule is COc1ccc(C(=O)NC2CCN(C(=O)c3ccc4nc(C)c(C)nc4c3)CC2)cc1. The Hall–Kier alpha value is -3.48. The van der Waals surface area contributed by atoms with E-state index in [4.69, 9.17) is 4.74 Å². The Bertz CT molecular complexity index is 1120. The summed E-state index contributed by atoms with van der Waals surface area (Å²) in [7, 11) is 1.59. The van der Waals surface area contributed by atoms with Crippen LogP contribution in [0.3, 0.4) is 0 Å². The summed E-state index contributed by atoms with van der Waals surface area (Å²) >= 11 is 0. The van der Waals surface area contributed by atoms with Crippen molar-refractivity contribution in [2.45, 2.75) is 32.7 Å². The van der Waals surface area contributed by atoms with Crippen LogP contribution in [0.4, 0.5) is 0 Å². The molecule has 7 nitrogen and oxygen atoms in total. The van der Waals surface area contributed by atoms with Gasteiger partial charge in [0.2, 0.25) is 0 Å². The predicted molar refractivity (Wildman–Crippen MR) is 118 cm³/mol. The van der Waals surface area contributed by atoms with E-state index in [9.17, 15) is 9.59 Å². The first-order chi connectivity index (χ1) is 14.9. The van der Waals surface area contributed by atoms with Gasteiger partial charge in [-0.15, -0.1) is 0 Å². The van der Waals surface area contributed by atoms with Crippen LogP contribution in [-0.4, -0.2) is 52.9 Å². The van der Waals surface area contributed by atoms with Crippen LogP contribution in [0.15, 0.2) is 42.5 Å². The molecule has 4 rings (SSSR count). The molecule has 0 aliphatic carbocycles. The third kappa shape index (κ3) is 4.50. The van der Waals surface area contributed by atoms with Gasteiger partial charge in [0.15, 0.2) is 0 Å². The van der Waals surface area contributed by atoms with Gasteiger partial charge in [0.1, 0.15) is 5.75 Å². The molecule has 3 aromatic rings. The Labute approximate surface area is 181 Å². The number of hydrogen-bond acceptors (Lipinski definition) is 5. The number of aryl methyl sites for hydroxylation is 2. The van der Waals surface area contributed by atoms with Crippen LogP contribution in [0.25, 0.3) is 11.0 Å². The van der Waals surface area contributed by atoms with Crippen molar-refractivity contribution in [3.8, 4) is 5.75 Å². The molecule has 0 saturated carbocycles. The average molecular weight is 418 g/mol. The fraction of sp³-hybridized carbons (Fsp3) is 0.333. The zero-order chi connectivity index (χ0) is 22.0. The molecule has 31 heavy (non-hydrogen) atoms. The molecule has 0 atom stereocenters. The van der Waals surface area contributed by atoms with Gasteiger partial charge in [-0.25, -0.2) is 9.97 Å². The first-order valence-electron chi connectivity index (χ1n) is 10.4. The Morgan fingerprint density at radius 1 is 0.935 bits per heavy atom. The first kappa shape index (κ1) is 20.8. The van der Waals surface area contributed by atoms with E-state index in [1.54, 1.807) is 31.4 Å². The normalized spacial score (nSPS) is 14.5. The van der Waals surface area contributed by atoms with Crippen molar-refractivity contribution in [1.29, 1.82) is 0 Å². The monoisotopic (exact) mass is 418 g/mol. The zero-order valence-corrected chi connectivity index (χ0v) is 18.0. The lowest BCUT2D eigenvalue weighted by atomic mass is 10.0. The van der Waals surface area contributed by atoms with Crippen LogP contribution in [0.5, 0.6) is 5.75 Å². The van der Waals surface area contributed by atoms with Crippen LogP contribution in [0, 0.1) is 13.8 Å². The number of aromatic nitrogens is 2. The minimum Gasteiger partial charge on any atom is -0.497 e. The topological polar surface area (TPSA) is 84.4 Å². The molecule has 160 valence electrons. The van der Waals surface area contributed by atoms with E-state index in [0.717, 1.165) is 35.3 Å². The Morgan fingerprint density at radius 2 is 1.55 bits per heavy atom. The van der Waals surface area contributed by atoms with E-state index in [2.05, 4.69) is 15.3 Å². The highest BCUT2D eigenvalue weighted by molar-refractivity contribution is 5.97. The van der Waals surface area contributed by atoms with Crippen molar-refractivity contribution in [2.75, 3.05) is 20.2 Å². The average Bonchev–Trinajstić information content (AvgIpc) is 2.79. The molecular weight excluding hydrogens is 392 g/mol. The zero-order valence-electron chi connectivity index (χ0n) is 18.0. The van der Waals surface area contributed by atoms with Crippen molar-refractivity contribution < 1.29 is 14.3 Å². The number of nitrogens with zero attached hydrogens (tertiary/aromatic N) is 3. The number of rotatable bonds is 4. The van der Waals surface area contributed by atoms with Crippen LogP contribution >= 0.6 is 0 Å². The highest BCUT2D eigenvalue weighted by atomic mass is 16.5. The summed E-state index contributed by atoms with van der Waals surface area (Å²) in [6.45, 7) is 5.05. The number of hydrogen-bond donors (Lipinski definition) is 1. The lowest BCUT2D eigenvalue weighted by molar-refractivity contribution is 0.0698. The molecule has 1 aliphatic rings. The van der Waals surface area contributed by atoms with Crippen LogP contribution in [-0.2, 0) is 0 Å². The Balaban J connectivity index is 1.36. The number of fused-ring (bicyclic) bond motifs is 1. The second-order valence-electron chi connectivity index (χ2n) is 7.87. The number of amides is 2. The maximum Gasteiger partial charge on any atom is 0.253 e. The molecule has 7 heteroatoms. The van der Waals surface area contributed by atoms with Crippen molar-refractivity contribution in [1.82, 2.24) is 20.2 Å². The van der Waals surface area contributed by atoms with Gasteiger partial charge in [-0.1, -0.05) is 0 Å². The molecule has 2 amide bonds. The van der Waals surface area contributed by atoms with Gasteiger partial charge >= 0.3 is 0 Å². The van der Waals surface area contributed by atoms with Crippen LogP contribution in [0.1, 0.15) is 44.9 Å². The van der Waals surface area contributed by atoms with Gasteiger partial charge < -0.3 is 15.0 Å². The number of likely N-dealkylation sites (tertiary alicyclic amines) is 1. The van der Waals surface area contributed by atoms with Gasteiger partial charge in [-0.3, -0.25) is 9.59 Å². The molecule has 1 fully saturated rings. The quantitative estimate of drug-likeness (QED) is 0.703. The van der Waals surface area contributed by atoms with Crippen LogP contribution in [0.2, 0.25) is 0 Å². The first-order valence-corrected chi connectivity index (χ1v) is 10.4. The molecule has 2 aromatic carbocycles.